The van der Waals surface area contributed by atoms with Gasteiger partial charge in [0.25, 0.3) is 0 Å². The normalized spacial score (nSPS) is 31.2. The van der Waals surface area contributed by atoms with Crippen molar-refractivity contribution in [2.45, 2.75) is 38.8 Å². The molecule has 2 atom stereocenters. The molecule has 0 aromatic heterocycles. The Labute approximate surface area is 97.5 Å². The number of morpholine rings is 1. The number of carbonyl (C=O) groups is 1. The number of likely N-dealkylation sites (tertiary alicyclic amines) is 1. The van der Waals surface area contributed by atoms with E-state index in [4.69, 9.17) is 4.74 Å². The van der Waals surface area contributed by atoms with E-state index in [2.05, 4.69) is 11.8 Å². The molecule has 0 aromatic rings. The molecule has 0 unspecified atom stereocenters. The number of piperidine rings is 1. The maximum absolute atomic E-state index is 11.8. The number of fused-ring (bicyclic) bond motifs is 1. The Balaban J connectivity index is 2.01. The minimum Gasteiger partial charge on any atom is -0.373 e. The van der Waals surface area contributed by atoms with Crippen LogP contribution in [0.25, 0.3) is 0 Å². The predicted octanol–water partition coefficient (Wildman–Crippen LogP) is 0.718. The number of ether oxygens (including phenoxy) is 1. The molecule has 0 aliphatic carbocycles. The van der Waals surface area contributed by atoms with Gasteiger partial charge in [0.1, 0.15) is 0 Å². The van der Waals surface area contributed by atoms with E-state index in [0.717, 1.165) is 32.6 Å². The average Bonchev–Trinajstić information content (AvgIpc) is 2.36. The van der Waals surface area contributed by atoms with Crippen LogP contribution >= 0.6 is 0 Å². The zero-order valence-corrected chi connectivity index (χ0v) is 10.3. The molecule has 0 bridgehead atoms. The van der Waals surface area contributed by atoms with E-state index in [1.807, 2.05) is 11.8 Å². The zero-order chi connectivity index (χ0) is 11.5. The first kappa shape index (κ1) is 11.9. The largest absolute Gasteiger partial charge is 0.373 e. The molecule has 2 aliphatic heterocycles. The van der Waals surface area contributed by atoms with Crippen molar-refractivity contribution < 1.29 is 9.53 Å². The summed E-state index contributed by atoms with van der Waals surface area (Å²) in [5.74, 6) is 0.281. The lowest BCUT2D eigenvalue weighted by Crippen LogP contribution is -2.60. The van der Waals surface area contributed by atoms with Gasteiger partial charge in [0, 0.05) is 26.1 Å². The number of likely N-dealkylation sites (N-methyl/N-ethyl adjacent to an activating group) is 1. The third kappa shape index (κ3) is 2.23. The SMILES string of the molecule is CCC(=O)N1CCO[C@H]2CN(CC)CC[C@@H]21. The van der Waals surface area contributed by atoms with E-state index in [-0.39, 0.29) is 12.0 Å². The molecule has 4 nitrogen and oxygen atoms in total. The lowest BCUT2D eigenvalue weighted by Gasteiger charge is -2.46. The third-order valence-corrected chi connectivity index (χ3v) is 3.74. The van der Waals surface area contributed by atoms with Crippen molar-refractivity contribution >= 4 is 5.91 Å². The molecule has 0 aromatic carbocycles. The van der Waals surface area contributed by atoms with E-state index in [1.165, 1.54) is 0 Å². The first-order valence-electron chi connectivity index (χ1n) is 6.39. The number of hydrogen-bond acceptors (Lipinski definition) is 3. The Morgan fingerprint density at radius 3 is 2.88 bits per heavy atom. The number of carbonyl (C=O) groups excluding carboxylic acids is 1. The fourth-order valence-electron chi connectivity index (χ4n) is 2.76. The fraction of sp³-hybridized carbons (Fsp3) is 0.917. The maximum atomic E-state index is 11.8. The highest BCUT2D eigenvalue weighted by Crippen LogP contribution is 2.23. The molecule has 0 N–H and O–H groups in total. The van der Waals surface area contributed by atoms with Crippen LogP contribution in [-0.2, 0) is 9.53 Å². The molecular weight excluding hydrogens is 204 g/mol. The van der Waals surface area contributed by atoms with Crippen LogP contribution in [0.1, 0.15) is 26.7 Å². The van der Waals surface area contributed by atoms with Crippen molar-refractivity contribution in [3.63, 3.8) is 0 Å². The quantitative estimate of drug-likeness (QED) is 0.695. The van der Waals surface area contributed by atoms with E-state index in [0.29, 0.717) is 19.1 Å². The number of amides is 1. The van der Waals surface area contributed by atoms with Crippen molar-refractivity contribution in [3.8, 4) is 0 Å². The van der Waals surface area contributed by atoms with Gasteiger partial charge in [0.15, 0.2) is 0 Å². The van der Waals surface area contributed by atoms with Gasteiger partial charge >= 0.3 is 0 Å². The Morgan fingerprint density at radius 1 is 1.38 bits per heavy atom. The van der Waals surface area contributed by atoms with Crippen molar-refractivity contribution in [1.82, 2.24) is 9.80 Å². The summed E-state index contributed by atoms with van der Waals surface area (Å²) in [6.45, 7) is 8.74. The molecule has 0 saturated carbocycles. The summed E-state index contributed by atoms with van der Waals surface area (Å²) in [4.78, 5) is 16.3. The molecule has 16 heavy (non-hydrogen) atoms. The summed E-state index contributed by atoms with van der Waals surface area (Å²) in [6.07, 6.45) is 1.91. The Kier molecular flexibility index (Phi) is 3.82. The van der Waals surface area contributed by atoms with Crippen molar-refractivity contribution in [1.29, 1.82) is 0 Å². The van der Waals surface area contributed by atoms with Crippen molar-refractivity contribution in [2.24, 2.45) is 0 Å². The fourth-order valence-corrected chi connectivity index (χ4v) is 2.76. The smallest absolute Gasteiger partial charge is 0.222 e. The summed E-state index contributed by atoms with van der Waals surface area (Å²) in [5, 5.41) is 0. The van der Waals surface area contributed by atoms with Crippen LogP contribution in [0.2, 0.25) is 0 Å². The molecule has 2 fully saturated rings. The second kappa shape index (κ2) is 5.15. The van der Waals surface area contributed by atoms with Crippen LogP contribution in [0.5, 0.6) is 0 Å². The molecule has 0 spiro atoms. The van der Waals surface area contributed by atoms with Gasteiger partial charge in [0.2, 0.25) is 5.91 Å². The monoisotopic (exact) mass is 226 g/mol. The molecule has 92 valence electrons. The molecule has 1 amide bonds. The van der Waals surface area contributed by atoms with Crippen LogP contribution < -0.4 is 0 Å². The van der Waals surface area contributed by atoms with Crippen LogP contribution in [0.4, 0.5) is 0 Å². The summed E-state index contributed by atoms with van der Waals surface area (Å²) < 4.78 is 5.80. The molecule has 2 heterocycles. The minimum atomic E-state index is 0.234. The number of rotatable bonds is 2. The van der Waals surface area contributed by atoms with Crippen molar-refractivity contribution in [2.75, 3.05) is 32.8 Å². The molecule has 4 heteroatoms. The molecule has 2 rings (SSSR count). The maximum Gasteiger partial charge on any atom is 0.222 e. The first-order chi connectivity index (χ1) is 7.76. The minimum absolute atomic E-state index is 0.234. The third-order valence-electron chi connectivity index (χ3n) is 3.74. The van der Waals surface area contributed by atoms with E-state index >= 15 is 0 Å². The van der Waals surface area contributed by atoms with Crippen molar-refractivity contribution in [3.05, 3.63) is 0 Å². The highest BCUT2D eigenvalue weighted by molar-refractivity contribution is 5.76. The predicted molar refractivity (Wildman–Crippen MR) is 62.3 cm³/mol. The van der Waals surface area contributed by atoms with E-state index < -0.39 is 0 Å². The lowest BCUT2D eigenvalue weighted by atomic mass is 9.98. The Morgan fingerprint density at radius 2 is 2.19 bits per heavy atom. The van der Waals surface area contributed by atoms with Gasteiger partial charge in [0.05, 0.1) is 18.8 Å². The first-order valence-corrected chi connectivity index (χ1v) is 6.39. The van der Waals surface area contributed by atoms with Gasteiger partial charge in [-0.2, -0.15) is 0 Å². The molecule has 0 radical (unpaired) electrons. The average molecular weight is 226 g/mol. The van der Waals surface area contributed by atoms with E-state index in [9.17, 15) is 4.79 Å². The highest BCUT2D eigenvalue weighted by Gasteiger charge is 2.37. The molecule has 2 saturated heterocycles. The summed E-state index contributed by atoms with van der Waals surface area (Å²) in [7, 11) is 0. The lowest BCUT2D eigenvalue weighted by molar-refractivity contribution is -0.152. The van der Waals surface area contributed by atoms with Gasteiger partial charge in [-0.05, 0) is 13.0 Å². The van der Waals surface area contributed by atoms with Gasteiger partial charge in [-0.25, -0.2) is 0 Å². The second-order valence-corrected chi connectivity index (χ2v) is 4.60. The number of nitrogens with zero attached hydrogens (tertiary/aromatic N) is 2. The second-order valence-electron chi connectivity index (χ2n) is 4.60. The van der Waals surface area contributed by atoms with Crippen LogP contribution in [0.15, 0.2) is 0 Å². The van der Waals surface area contributed by atoms with Crippen LogP contribution in [0, 0.1) is 0 Å². The molecule has 2 aliphatic rings. The van der Waals surface area contributed by atoms with Crippen LogP contribution in [0.3, 0.4) is 0 Å². The summed E-state index contributed by atoms with van der Waals surface area (Å²) in [6, 6.07) is 0.323. The summed E-state index contributed by atoms with van der Waals surface area (Å²) >= 11 is 0. The molecular formula is C12H22N2O2. The zero-order valence-electron chi connectivity index (χ0n) is 10.3. The van der Waals surface area contributed by atoms with E-state index in [1.54, 1.807) is 0 Å². The van der Waals surface area contributed by atoms with Gasteiger partial charge in [-0.15, -0.1) is 0 Å². The van der Waals surface area contributed by atoms with Crippen LogP contribution in [-0.4, -0.2) is 60.6 Å². The standard InChI is InChI=1S/C12H22N2O2/c1-3-12(15)14-7-8-16-11-9-13(4-2)6-5-10(11)14/h10-11H,3-9H2,1-2H3/t10-,11-/m0/s1. The summed E-state index contributed by atoms with van der Waals surface area (Å²) in [5.41, 5.74) is 0. The Bertz CT molecular complexity index is 257. The topological polar surface area (TPSA) is 32.8 Å². The van der Waals surface area contributed by atoms with Gasteiger partial charge < -0.3 is 14.5 Å². The van der Waals surface area contributed by atoms with Gasteiger partial charge in [-0.3, -0.25) is 4.79 Å². The van der Waals surface area contributed by atoms with Gasteiger partial charge in [-0.1, -0.05) is 13.8 Å². The number of hydrogen-bond donors (Lipinski definition) is 0. The Hall–Kier alpha value is -0.610. The highest BCUT2D eigenvalue weighted by atomic mass is 16.5.